The van der Waals surface area contributed by atoms with Crippen molar-refractivity contribution in [1.29, 1.82) is 0 Å². The number of anilines is 1. The van der Waals surface area contributed by atoms with Crippen LogP contribution in [0.5, 0.6) is 0 Å². The highest BCUT2D eigenvalue weighted by atomic mass is 14.9. The minimum atomic E-state index is 0.985. The monoisotopic (exact) mass is 285 g/mol. The van der Waals surface area contributed by atoms with Gasteiger partial charge in [-0.25, -0.2) is 0 Å². The number of rotatable bonds is 8. The van der Waals surface area contributed by atoms with Crippen LogP contribution in [0.4, 0.5) is 5.69 Å². The van der Waals surface area contributed by atoms with Crippen LogP contribution in [-0.4, -0.2) is 25.1 Å². The molecule has 0 saturated heterocycles. The summed E-state index contributed by atoms with van der Waals surface area (Å²) in [6.07, 6.45) is 4.75. The molecule has 1 aromatic heterocycles. The lowest BCUT2D eigenvalue weighted by atomic mass is 10.0. The van der Waals surface area contributed by atoms with E-state index in [1.165, 1.54) is 29.5 Å². The molecule has 0 atom stereocenters. The summed E-state index contributed by atoms with van der Waals surface area (Å²) in [7, 11) is 1.99. The first kappa shape index (κ1) is 15.8. The Morgan fingerprint density at radius 3 is 2.71 bits per heavy atom. The van der Waals surface area contributed by atoms with Crippen molar-refractivity contribution in [2.75, 3.05) is 25.5 Å². The van der Waals surface area contributed by atoms with Gasteiger partial charge in [0.25, 0.3) is 0 Å². The largest absolute Gasteiger partial charge is 0.384 e. The Balaban J connectivity index is 2.23. The zero-order valence-corrected chi connectivity index (χ0v) is 13.5. The third-order valence-electron chi connectivity index (χ3n) is 3.74. The van der Waals surface area contributed by atoms with Gasteiger partial charge in [-0.15, -0.1) is 0 Å². The second-order valence-corrected chi connectivity index (χ2v) is 5.65. The molecule has 1 heterocycles. The molecule has 3 nitrogen and oxygen atoms in total. The number of nitrogens with one attached hydrogen (secondary N) is 2. The fourth-order valence-corrected chi connectivity index (χ4v) is 2.58. The minimum absolute atomic E-state index is 0.985. The Kier molecular flexibility index (Phi) is 6.00. The van der Waals surface area contributed by atoms with E-state index in [4.69, 9.17) is 0 Å². The lowest BCUT2D eigenvalue weighted by Gasteiger charge is -2.12. The van der Waals surface area contributed by atoms with Crippen LogP contribution < -0.4 is 10.6 Å². The van der Waals surface area contributed by atoms with Gasteiger partial charge in [0.15, 0.2) is 0 Å². The van der Waals surface area contributed by atoms with Crippen LogP contribution in [-0.2, 0) is 6.42 Å². The predicted octanol–water partition coefficient (Wildman–Crippen LogP) is 3.91. The molecule has 2 N–H and O–H groups in total. The number of nitrogens with zero attached hydrogens (tertiary/aromatic N) is 1. The number of benzene rings is 1. The normalized spacial score (nSPS) is 11.0. The SMILES string of the molecule is CCCCc1ccc2nc(C)cc(NCCCNC)c2c1. The van der Waals surface area contributed by atoms with Gasteiger partial charge < -0.3 is 10.6 Å². The van der Waals surface area contributed by atoms with Gasteiger partial charge in [-0.3, -0.25) is 4.98 Å². The molecule has 1 aromatic carbocycles. The summed E-state index contributed by atoms with van der Waals surface area (Å²) in [5.74, 6) is 0. The van der Waals surface area contributed by atoms with Crippen molar-refractivity contribution < 1.29 is 0 Å². The van der Waals surface area contributed by atoms with Crippen molar-refractivity contribution in [1.82, 2.24) is 10.3 Å². The van der Waals surface area contributed by atoms with Gasteiger partial charge in [0.05, 0.1) is 5.52 Å². The molecule has 114 valence electrons. The summed E-state index contributed by atoms with van der Waals surface area (Å²) in [4.78, 5) is 4.65. The molecule has 3 heteroatoms. The molecule has 21 heavy (non-hydrogen) atoms. The second-order valence-electron chi connectivity index (χ2n) is 5.65. The molecule has 0 spiro atoms. The van der Waals surface area contributed by atoms with Gasteiger partial charge in [0.1, 0.15) is 0 Å². The second kappa shape index (κ2) is 7.99. The summed E-state index contributed by atoms with van der Waals surface area (Å²) in [6, 6.07) is 8.84. The van der Waals surface area contributed by atoms with Crippen LogP contribution in [0.1, 0.15) is 37.4 Å². The molecule has 0 aliphatic rings. The van der Waals surface area contributed by atoms with Gasteiger partial charge in [-0.2, -0.15) is 0 Å². The molecule has 0 fully saturated rings. The van der Waals surface area contributed by atoms with E-state index in [1.54, 1.807) is 0 Å². The van der Waals surface area contributed by atoms with Crippen LogP contribution in [0.2, 0.25) is 0 Å². The van der Waals surface area contributed by atoms with E-state index < -0.39 is 0 Å². The highest BCUT2D eigenvalue weighted by Crippen LogP contribution is 2.25. The van der Waals surface area contributed by atoms with Crippen molar-refractivity contribution in [3.63, 3.8) is 0 Å². The Hall–Kier alpha value is -1.61. The Bertz CT molecular complexity index is 578. The van der Waals surface area contributed by atoms with E-state index in [2.05, 4.69) is 53.7 Å². The van der Waals surface area contributed by atoms with Gasteiger partial charge in [-0.05, 0) is 63.5 Å². The Morgan fingerprint density at radius 1 is 1.10 bits per heavy atom. The van der Waals surface area contributed by atoms with Gasteiger partial charge in [0.2, 0.25) is 0 Å². The number of fused-ring (bicyclic) bond motifs is 1. The zero-order chi connectivity index (χ0) is 15.1. The van der Waals surface area contributed by atoms with Crippen LogP contribution in [0, 0.1) is 6.92 Å². The Morgan fingerprint density at radius 2 is 1.95 bits per heavy atom. The highest BCUT2D eigenvalue weighted by Gasteiger charge is 2.05. The summed E-state index contributed by atoms with van der Waals surface area (Å²) < 4.78 is 0. The number of pyridine rings is 1. The van der Waals surface area contributed by atoms with Crippen LogP contribution in [0.25, 0.3) is 10.9 Å². The third kappa shape index (κ3) is 4.43. The fraction of sp³-hybridized carbons (Fsp3) is 0.500. The van der Waals surface area contributed by atoms with E-state index in [0.717, 1.165) is 37.1 Å². The zero-order valence-electron chi connectivity index (χ0n) is 13.5. The lowest BCUT2D eigenvalue weighted by molar-refractivity contribution is 0.748. The maximum Gasteiger partial charge on any atom is 0.0726 e. The standard InChI is InChI=1S/C18H27N3/c1-4-5-7-15-8-9-17-16(13-15)18(12-14(2)21-17)20-11-6-10-19-3/h8-9,12-13,19H,4-7,10-11H2,1-3H3,(H,20,21). The highest BCUT2D eigenvalue weighted by molar-refractivity contribution is 5.92. The summed E-state index contributed by atoms with van der Waals surface area (Å²) in [5.41, 5.74) is 4.78. The van der Waals surface area contributed by atoms with Crippen LogP contribution in [0.15, 0.2) is 24.3 Å². The minimum Gasteiger partial charge on any atom is -0.384 e. The first-order chi connectivity index (χ1) is 10.2. The molecule has 0 saturated carbocycles. The first-order valence-corrected chi connectivity index (χ1v) is 8.03. The molecule has 0 bridgehead atoms. The molecule has 0 aliphatic heterocycles. The number of unbranched alkanes of at least 4 members (excludes halogenated alkanes) is 1. The molecule has 2 aromatic rings. The van der Waals surface area contributed by atoms with E-state index in [9.17, 15) is 0 Å². The smallest absolute Gasteiger partial charge is 0.0726 e. The maximum absolute atomic E-state index is 4.65. The third-order valence-corrected chi connectivity index (χ3v) is 3.74. The lowest BCUT2D eigenvalue weighted by Crippen LogP contribution is -2.13. The topological polar surface area (TPSA) is 37.0 Å². The Labute approximate surface area is 128 Å². The van der Waals surface area contributed by atoms with E-state index in [0.29, 0.717) is 0 Å². The van der Waals surface area contributed by atoms with Crippen LogP contribution >= 0.6 is 0 Å². The number of hydrogen-bond acceptors (Lipinski definition) is 3. The molecular formula is C18H27N3. The van der Waals surface area contributed by atoms with Crippen molar-refractivity contribution in [2.45, 2.75) is 39.5 Å². The quantitative estimate of drug-likeness (QED) is 0.722. The van der Waals surface area contributed by atoms with Gasteiger partial charge in [0, 0.05) is 23.3 Å². The van der Waals surface area contributed by atoms with Gasteiger partial charge in [-0.1, -0.05) is 19.4 Å². The molecule has 2 rings (SSSR count). The summed E-state index contributed by atoms with van der Waals surface area (Å²) in [6.45, 7) is 6.32. The van der Waals surface area contributed by atoms with Gasteiger partial charge >= 0.3 is 0 Å². The molecule has 0 amide bonds. The van der Waals surface area contributed by atoms with Crippen molar-refractivity contribution in [3.05, 3.63) is 35.5 Å². The molecule has 0 radical (unpaired) electrons. The van der Waals surface area contributed by atoms with Crippen molar-refractivity contribution >= 4 is 16.6 Å². The summed E-state index contributed by atoms with van der Waals surface area (Å²) in [5, 5.41) is 8.00. The number of aryl methyl sites for hydroxylation is 2. The van der Waals surface area contributed by atoms with Crippen molar-refractivity contribution in [2.24, 2.45) is 0 Å². The predicted molar refractivity (Wildman–Crippen MR) is 92.1 cm³/mol. The first-order valence-electron chi connectivity index (χ1n) is 8.03. The average Bonchev–Trinajstić information content (AvgIpc) is 2.49. The van der Waals surface area contributed by atoms with E-state index in [1.807, 2.05) is 7.05 Å². The molecule has 0 unspecified atom stereocenters. The summed E-state index contributed by atoms with van der Waals surface area (Å²) >= 11 is 0. The number of aromatic nitrogens is 1. The maximum atomic E-state index is 4.65. The average molecular weight is 285 g/mol. The van der Waals surface area contributed by atoms with E-state index >= 15 is 0 Å². The molecular weight excluding hydrogens is 258 g/mol. The number of hydrogen-bond donors (Lipinski definition) is 2. The van der Waals surface area contributed by atoms with Crippen molar-refractivity contribution in [3.8, 4) is 0 Å². The fourth-order valence-electron chi connectivity index (χ4n) is 2.58. The van der Waals surface area contributed by atoms with Crippen LogP contribution in [0.3, 0.4) is 0 Å². The van der Waals surface area contributed by atoms with E-state index in [-0.39, 0.29) is 0 Å². The molecule has 0 aliphatic carbocycles.